The molecule has 29 heavy (non-hydrogen) atoms. The molecule has 1 aromatic heterocycles. The number of nitrogens with zero attached hydrogens (tertiary/aromatic N) is 1. The van der Waals surface area contributed by atoms with Crippen molar-refractivity contribution in [3.8, 4) is 5.75 Å². The van der Waals surface area contributed by atoms with Crippen LogP contribution in [0.5, 0.6) is 5.75 Å². The predicted octanol–water partition coefficient (Wildman–Crippen LogP) is 6.60. The number of rotatable bonds is 7. The maximum absolute atomic E-state index is 13.6. The van der Waals surface area contributed by atoms with Crippen molar-refractivity contribution in [1.82, 2.24) is 4.98 Å². The van der Waals surface area contributed by atoms with E-state index in [9.17, 15) is 18.0 Å². The van der Waals surface area contributed by atoms with E-state index in [4.69, 9.17) is 4.74 Å². The molecule has 1 aromatic rings. The van der Waals surface area contributed by atoms with Crippen LogP contribution in [0.3, 0.4) is 0 Å². The van der Waals surface area contributed by atoms with Gasteiger partial charge in [0, 0.05) is 6.07 Å². The molecule has 2 fully saturated rings. The van der Waals surface area contributed by atoms with Crippen LogP contribution < -0.4 is 4.74 Å². The Bertz CT molecular complexity index is 681. The molecular weight excluding hydrogens is 379 g/mol. The van der Waals surface area contributed by atoms with Gasteiger partial charge in [-0.2, -0.15) is 13.8 Å². The summed E-state index contributed by atoms with van der Waals surface area (Å²) in [4.78, 5) is 15.1. The van der Waals surface area contributed by atoms with E-state index >= 15 is 0 Å². The van der Waals surface area contributed by atoms with E-state index in [-0.39, 0.29) is 5.92 Å². The molecule has 0 unspecified atom stereocenters. The molecular formula is C23H32F3NO2. The highest BCUT2D eigenvalue weighted by Gasteiger charge is 2.34. The fourth-order valence-corrected chi connectivity index (χ4v) is 5.15. The summed E-state index contributed by atoms with van der Waals surface area (Å²) in [5.41, 5.74) is 0. The molecule has 0 aromatic carbocycles. The SMILES string of the molecule is CCCCC[C@H]1CC[C@H](C2CCC(C(=O)Oc3cc(F)c(F)nc3F)CC2)CC1. The molecule has 6 heteroatoms. The fraction of sp³-hybridized carbons (Fsp3) is 0.739. The van der Waals surface area contributed by atoms with Gasteiger partial charge in [0.1, 0.15) is 0 Å². The number of halogens is 3. The Morgan fingerprint density at radius 2 is 1.59 bits per heavy atom. The molecule has 0 amide bonds. The molecule has 0 saturated heterocycles. The summed E-state index contributed by atoms with van der Waals surface area (Å²) >= 11 is 0. The Morgan fingerprint density at radius 3 is 2.21 bits per heavy atom. The summed E-state index contributed by atoms with van der Waals surface area (Å²) in [5.74, 6) is -3.41. The van der Waals surface area contributed by atoms with Crippen molar-refractivity contribution < 1.29 is 22.7 Å². The quantitative estimate of drug-likeness (QED) is 0.288. The highest BCUT2D eigenvalue weighted by Crippen LogP contribution is 2.42. The molecule has 2 saturated carbocycles. The Kier molecular flexibility index (Phi) is 7.96. The van der Waals surface area contributed by atoms with Crippen molar-refractivity contribution >= 4 is 5.97 Å². The lowest BCUT2D eigenvalue weighted by atomic mass is 9.68. The Balaban J connectivity index is 1.42. The molecule has 0 radical (unpaired) electrons. The molecule has 0 N–H and O–H groups in total. The van der Waals surface area contributed by atoms with Crippen LogP contribution >= 0.6 is 0 Å². The van der Waals surface area contributed by atoms with Crippen LogP contribution in [0.1, 0.15) is 84.0 Å². The zero-order valence-corrected chi connectivity index (χ0v) is 17.3. The maximum atomic E-state index is 13.6. The summed E-state index contributed by atoms with van der Waals surface area (Å²) in [6.45, 7) is 2.24. The van der Waals surface area contributed by atoms with Gasteiger partial charge in [0.2, 0.25) is 0 Å². The number of hydrogen-bond acceptors (Lipinski definition) is 3. The largest absolute Gasteiger partial charge is 0.421 e. The molecule has 2 aliphatic carbocycles. The van der Waals surface area contributed by atoms with E-state index in [1.807, 2.05) is 0 Å². The zero-order chi connectivity index (χ0) is 20.8. The number of ether oxygens (including phenoxy) is 1. The first-order chi connectivity index (χ1) is 14.0. The van der Waals surface area contributed by atoms with Crippen LogP contribution in [0.2, 0.25) is 0 Å². The molecule has 0 aliphatic heterocycles. The summed E-state index contributed by atoms with van der Waals surface area (Å²) in [7, 11) is 0. The molecule has 3 rings (SSSR count). The van der Waals surface area contributed by atoms with Crippen LogP contribution in [-0.4, -0.2) is 11.0 Å². The zero-order valence-electron chi connectivity index (χ0n) is 17.3. The van der Waals surface area contributed by atoms with Gasteiger partial charge in [0.15, 0.2) is 11.6 Å². The van der Waals surface area contributed by atoms with E-state index in [1.54, 1.807) is 0 Å². The minimum absolute atomic E-state index is 0.316. The smallest absolute Gasteiger partial charge is 0.314 e. The van der Waals surface area contributed by atoms with E-state index < -0.39 is 29.4 Å². The fourth-order valence-electron chi connectivity index (χ4n) is 5.15. The average Bonchev–Trinajstić information content (AvgIpc) is 2.73. The first-order valence-electron chi connectivity index (χ1n) is 11.2. The van der Waals surface area contributed by atoms with Crippen LogP contribution in [0, 0.1) is 41.4 Å². The summed E-state index contributed by atoms with van der Waals surface area (Å²) in [6, 6.07) is 0.542. The monoisotopic (exact) mass is 411 g/mol. The first kappa shape index (κ1) is 22.1. The van der Waals surface area contributed by atoms with Crippen molar-refractivity contribution in [3.63, 3.8) is 0 Å². The maximum Gasteiger partial charge on any atom is 0.314 e. The highest BCUT2D eigenvalue weighted by atomic mass is 19.2. The molecule has 1 heterocycles. The van der Waals surface area contributed by atoms with E-state index in [0.29, 0.717) is 24.8 Å². The van der Waals surface area contributed by atoms with Crippen molar-refractivity contribution in [1.29, 1.82) is 0 Å². The second-order valence-electron chi connectivity index (χ2n) is 8.86. The van der Waals surface area contributed by atoms with Crippen LogP contribution in [-0.2, 0) is 4.79 Å². The van der Waals surface area contributed by atoms with Gasteiger partial charge in [-0.1, -0.05) is 45.4 Å². The lowest BCUT2D eigenvalue weighted by Crippen LogP contribution is -2.30. The van der Waals surface area contributed by atoms with E-state index in [0.717, 1.165) is 24.7 Å². The average molecular weight is 412 g/mol. The molecule has 2 aliphatic rings. The van der Waals surface area contributed by atoms with Gasteiger partial charge in [-0.15, -0.1) is 0 Å². The predicted molar refractivity (Wildman–Crippen MR) is 105 cm³/mol. The number of hydrogen-bond donors (Lipinski definition) is 0. The van der Waals surface area contributed by atoms with Crippen molar-refractivity contribution in [3.05, 3.63) is 23.8 Å². The van der Waals surface area contributed by atoms with Gasteiger partial charge in [-0.25, -0.2) is 4.39 Å². The number of pyridine rings is 1. The van der Waals surface area contributed by atoms with Crippen LogP contribution in [0.25, 0.3) is 0 Å². The van der Waals surface area contributed by atoms with E-state index in [2.05, 4.69) is 11.9 Å². The van der Waals surface area contributed by atoms with Gasteiger partial charge in [0.05, 0.1) is 5.92 Å². The topological polar surface area (TPSA) is 39.2 Å². The first-order valence-corrected chi connectivity index (χ1v) is 11.2. The van der Waals surface area contributed by atoms with Crippen LogP contribution in [0.15, 0.2) is 6.07 Å². The minimum Gasteiger partial charge on any atom is -0.421 e. The summed E-state index contributed by atoms with van der Waals surface area (Å²) < 4.78 is 44.7. The van der Waals surface area contributed by atoms with Crippen molar-refractivity contribution in [2.24, 2.45) is 23.7 Å². The number of esters is 1. The Hall–Kier alpha value is -1.59. The number of unbranched alkanes of at least 4 members (excludes halogenated alkanes) is 2. The molecule has 162 valence electrons. The summed E-state index contributed by atoms with van der Waals surface area (Å²) in [5, 5.41) is 0. The van der Waals surface area contributed by atoms with Gasteiger partial charge in [-0.3, -0.25) is 4.79 Å². The number of carbonyl (C=O) groups excluding carboxylic acids is 1. The third kappa shape index (κ3) is 5.95. The molecule has 3 nitrogen and oxygen atoms in total. The van der Waals surface area contributed by atoms with Gasteiger partial charge < -0.3 is 4.74 Å². The molecule has 0 atom stereocenters. The van der Waals surface area contributed by atoms with Crippen molar-refractivity contribution in [2.75, 3.05) is 0 Å². The highest BCUT2D eigenvalue weighted by molar-refractivity contribution is 5.75. The molecule has 0 spiro atoms. The second-order valence-corrected chi connectivity index (χ2v) is 8.86. The van der Waals surface area contributed by atoms with Gasteiger partial charge >= 0.3 is 5.97 Å². The minimum atomic E-state index is -1.54. The number of carbonyl (C=O) groups is 1. The normalized spacial score (nSPS) is 27.6. The third-order valence-electron chi connectivity index (χ3n) is 6.94. The number of aromatic nitrogens is 1. The van der Waals surface area contributed by atoms with Crippen LogP contribution in [0.4, 0.5) is 13.2 Å². The Morgan fingerprint density at radius 1 is 0.966 bits per heavy atom. The van der Waals surface area contributed by atoms with Crippen molar-refractivity contribution in [2.45, 2.75) is 84.0 Å². The van der Waals surface area contributed by atoms with Gasteiger partial charge in [-0.05, 0) is 56.3 Å². The molecule has 0 bridgehead atoms. The Labute approximate surface area is 171 Å². The standard InChI is InChI=1S/C23H32F3NO2/c1-2-3-4-5-15-6-8-16(9-7-15)17-10-12-18(13-11-17)23(28)29-20-14-19(24)21(25)27-22(20)26/h14-18H,2-13H2,1H3/t15-,16-,17?,18?. The third-order valence-corrected chi connectivity index (χ3v) is 6.94. The second kappa shape index (κ2) is 10.4. The lowest BCUT2D eigenvalue weighted by molar-refractivity contribution is -0.140. The van der Waals surface area contributed by atoms with E-state index in [1.165, 1.54) is 51.4 Å². The summed E-state index contributed by atoms with van der Waals surface area (Å²) in [6.07, 6.45) is 14.0. The lowest BCUT2D eigenvalue weighted by Gasteiger charge is -2.37. The van der Waals surface area contributed by atoms with Gasteiger partial charge in [0.25, 0.3) is 11.9 Å².